The van der Waals surface area contributed by atoms with Crippen molar-refractivity contribution in [3.8, 4) is 0 Å². The van der Waals surface area contributed by atoms with Crippen LogP contribution in [-0.2, 0) is 6.54 Å². The predicted octanol–water partition coefficient (Wildman–Crippen LogP) is 2.59. The van der Waals surface area contributed by atoms with Gasteiger partial charge in [0.25, 0.3) is 0 Å². The van der Waals surface area contributed by atoms with Crippen LogP contribution < -0.4 is 0 Å². The average Bonchev–Trinajstić information content (AvgIpc) is 3.19. The van der Waals surface area contributed by atoms with Gasteiger partial charge in [-0.2, -0.15) is 5.10 Å². The maximum atomic E-state index is 10.0. The largest absolute Gasteiger partial charge is 0.393 e. The Balaban J connectivity index is 1.36. The summed E-state index contributed by atoms with van der Waals surface area (Å²) in [6.07, 6.45) is 11.0. The molecule has 1 aromatic rings. The molecule has 4 nitrogen and oxygen atoms in total. The fourth-order valence-corrected chi connectivity index (χ4v) is 4.70. The molecule has 1 N–H and O–H groups in total. The van der Waals surface area contributed by atoms with E-state index in [0.29, 0.717) is 12.0 Å². The molecule has 4 rings (SSSR count). The Kier molecular flexibility index (Phi) is 3.76. The summed E-state index contributed by atoms with van der Waals surface area (Å²) in [6, 6.07) is 2.83. The zero-order valence-electron chi connectivity index (χ0n) is 12.8. The van der Waals surface area contributed by atoms with Crippen LogP contribution in [0.25, 0.3) is 0 Å². The first-order valence-corrected chi connectivity index (χ1v) is 8.74. The molecule has 3 atom stereocenters. The quantitative estimate of drug-likeness (QED) is 0.930. The summed E-state index contributed by atoms with van der Waals surface area (Å²) in [4.78, 5) is 2.49. The van der Waals surface area contributed by atoms with E-state index >= 15 is 0 Å². The molecule has 116 valence electrons. The van der Waals surface area contributed by atoms with Crippen molar-refractivity contribution in [2.75, 3.05) is 13.1 Å². The van der Waals surface area contributed by atoms with Crippen molar-refractivity contribution < 1.29 is 5.11 Å². The number of rotatable bonds is 3. The molecule has 0 amide bonds. The van der Waals surface area contributed by atoms with Crippen LogP contribution in [0, 0.1) is 11.8 Å². The highest BCUT2D eigenvalue weighted by atomic mass is 16.3. The molecule has 0 radical (unpaired) electrons. The molecule has 1 saturated heterocycles. The molecule has 0 bridgehead atoms. The maximum Gasteiger partial charge on any atom is 0.0764 e. The Labute approximate surface area is 127 Å². The molecular formula is C17H27N3O. The van der Waals surface area contributed by atoms with E-state index < -0.39 is 0 Å². The summed E-state index contributed by atoms with van der Waals surface area (Å²) < 4.78 is 2.21. The SMILES string of the molecule is OC1CCC2CN(Cc3ccn(C4CCCCC4)n3)CC12. The number of aromatic nitrogens is 2. The highest BCUT2D eigenvalue weighted by Crippen LogP contribution is 2.38. The summed E-state index contributed by atoms with van der Waals surface area (Å²) >= 11 is 0. The Hall–Kier alpha value is -0.870. The molecule has 0 aromatic carbocycles. The first kappa shape index (κ1) is 13.8. The van der Waals surface area contributed by atoms with Gasteiger partial charge in [0.1, 0.15) is 0 Å². The van der Waals surface area contributed by atoms with Gasteiger partial charge in [0.05, 0.1) is 17.8 Å². The second-order valence-corrected chi connectivity index (χ2v) is 7.34. The second-order valence-electron chi connectivity index (χ2n) is 7.34. The first-order chi connectivity index (χ1) is 10.3. The highest BCUT2D eigenvalue weighted by Gasteiger charge is 2.41. The number of aliphatic hydroxyl groups is 1. The third-order valence-corrected chi connectivity index (χ3v) is 5.89. The topological polar surface area (TPSA) is 41.3 Å². The normalized spacial score (nSPS) is 34.4. The summed E-state index contributed by atoms with van der Waals surface area (Å²) in [6.45, 7) is 3.17. The molecule has 2 heterocycles. The standard InChI is InChI=1S/C17H27N3O/c21-17-7-6-13-10-19(12-16(13)17)11-14-8-9-20(18-14)15-4-2-1-3-5-15/h8-9,13,15-17,21H,1-7,10-12H2. The van der Waals surface area contributed by atoms with Crippen molar-refractivity contribution in [1.82, 2.24) is 14.7 Å². The van der Waals surface area contributed by atoms with Gasteiger partial charge in [0.2, 0.25) is 0 Å². The van der Waals surface area contributed by atoms with Crippen LogP contribution >= 0.6 is 0 Å². The molecule has 21 heavy (non-hydrogen) atoms. The Morgan fingerprint density at radius 2 is 1.95 bits per heavy atom. The van der Waals surface area contributed by atoms with E-state index in [0.717, 1.165) is 32.0 Å². The van der Waals surface area contributed by atoms with Gasteiger partial charge in [-0.3, -0.25) is 9.58 Å². The lowest BCUT2D eigenvalue weighted by Crippen LogP contribution is -2.24. The zero-order chi connectivity index (χ0) is 14.2. The van der Waals surface area contributed by atoms with Crippen LogP contribution in [0.3, 0.4) is 0 Å². The predicted molar refractivity (Wildman–Crippen MR) is 81.8 cm³/mol. The molecule has 3 aliphatic rings. The van der Waals surface area contributed by atoms with Crippen LogP contribution in [0.15, 0.2) is 12.3 Å². The van der Waals surface area contributed by atoms with Crippen molar-refractivity contribution in [2.45, 2.75) is 63.6 Å². The van der Waals surface area contributed by atoms with Gasteiger partial charge in [0.15, 0.2) is 0 Å². The smallest absolute Gasteiger partial charge is 0.0764 e. The van der Waals surface area contributed by atoms with Crippen molar-refractivity contribution in [3.63, 3.8) is 0 Å². The summed E-state index contributed by atoms with van der Waals surface area (Å²) in [5, 5.41) is 14.8. The third kappa shape index (κ3) is 2.76. The van der Waals surface area contributed by atoms with Gasteiger partial charge in [-0.1, -0.05) is 19.3 Å². The second kappa shape index (κ2) is 5.73. The van der Waals surface area contributed by atoms with Crippen molar-refractivity contribution in [3.05, 3.63) is 18.0 Å². The molecule has 2 aliphatic carbocycles. The van der Waals surface area contributed by atoms with E-state index in [1.165, 1.54) is 44.2 Å². The zero-order valence-corrected chi connectivity index (χ0v) is 12.8. The van der Waals surface area contributed by atoms with E-state index in [9.17, 15) is 5.11 Å². The lowest BCUT2D eigenvalue weighted by atomic mass is 9.96. The number of aliphatic hydroxyl groups excluding tert-OH is 1. The Morgan fingerprint density at radius 1 is 1.10 bits per heavy atom. The van der Waals surface area contributed by atoms with Crippen LogP contribution in [0.1, 0.15) is 56.7 Å². The van der Waals surface area contributed by atoms with Gasteiger partial charge < -0.3 is 5.11 Å². The van der Waals surface area contributed by atoms with Crippen molar-refractivity contribution in [1.29, 1.82) is 0 Å². The van der Waals surface area contributed by atoms with E-state index in [1.807, 2.05) is 0 Å². The molecule has 4 heteroatoms. The van der Waals surface area contributed by atoms with Gasteiger partial charge in [0, 0.05) is 31.7 Å². The van der Waals surface area contributed by atoms with Gasteiger partial charge >= 0.3 is 0 Å². The maximum absolute atomic E-state index is 10.0. The third-order valence-electron chi connectivity index (χ3n) is 5.89. The summed E-state index contributed by atoms with van der Waals surface area (Å²) in [7, 11) is 0. The lowest BCUT2D eigenvalue weighted by Gasteiger charge is -2.22. The number of fused-ring (bicyclic) bond motifs is 1. The van der Waals surface area contributed by atoms with E-state index in [1.54, 1.807) is 0 Å². The molecular weight excluding hydrogens is 262 g/mol. The lowest BCUT2D eigenvalue weighted by molar-refractivity contribution is 0.123. The van der Waals surface area contributed by atoms with Crippen LogP contribution in [0.4, 0.5) is 0 Å². The van der Waals surface area contributed by atoms with E-state index in [2.05, 4.69) is 21.8 Å². The molecule has 1 aliphatic heterocycles. The summed E-state index contributed by atoms with van der Waals surface area (Å²) in [5.74, 6) is 1.24. The monoisotopic (exact) mass is 289 g/mol. The number of hydrogen-bond acceptors (Lipinski definition) is 3. The minimum Gasteiger partial charge on any atom is -0.393 e. The molecule has 0 spiro atoms. The fourth-order valence-electron chi connectivity index (χ4n) is 4.70. The van der Waals surface area contributed by atoms with Gasteiger partial charge in [-0.05, 0) is 37.7 Å². The number of nitrogens with zero attached hydrogens (tertiary/aromatic N) is 3. The minimum atomic E-state index is -0.0557. The average molecular weight is 289 g/mol. The van der Waals surface area contributed by atoms with Crippen molar-refractivity contribution in [2.24, 2.45) is 11.8 Å². The van der Waals surface area contributed by atoms with E-state index in [-0.39, 0.29) is 6.10 Å². The van der Waals surface area contributed by atoms with Gasteiger partial charge in [-0.15, -0.1) is 0 Å². The molecule has 3 fully saturated rings. The molecule has 1 aromatic heterocycles. The van der Waals surface area contributed by atoms with Crippen LogP contribution in [0.5, 0.6) is 0 Å². The molecule has 2 saturated carbocycles. The first-order valence-electron chi connectivity index (χ1n) is 8.74. The van der Waals surface area contributed by atoms with Crippen LogP contribution in [-0.4, -0.2) is 39.0 Å². The Bertz CT molecular complexity index is 480. The molecule has 3 unspecified atom stereocenters. The van der Waals surface area contributed by atoms with Crippen LogP contribution in [0.2, 0.25) is 0 Å². The highest BCUT2D eigenvalue weighted by molar-refractivity contribution is 5.02. The summed E-state index contributed by atoms with van der Waals surface area (Å²) in [5.41, 5.74) is 1.20. The Morgan fingerprint density at radius 3 is 2.76 bits per heavy atom. The minimum absolute atomic E-state index is 0.0557. The van der Waals surface area contributed by atoms with Crippen molar-refractivity contribution >= 4 is 0 Å². The number of hydrogen-bond donors (Lipinski definition) is 1. The van der Waals surface area contributed by atoms with E-state index in [4.69, 9.17) is 5.10 Å². The number of likely N-dealkylation sites (tertiary alicyclic amines) is 1. The van der Waals surface area contributed by atoms with Gasteiger partial charge in [-0.25, -0.2) is 0 Å². The fraction of sp³-hybridized carbons (Fsp3) is 0.824.